The van der Waals surface area contributed by atoms with E-state index in [1.54, 1.807) is 6.07 Å². The minimum Gasteiger partial charge on any atom is -0.476 e. The third kappa shape index (κ3) is 4.61. The predicted octanol–water partition coefficient (Wildman–Crippen LogP) is 2.65. The van der Waals surface area contributed by atoms with Gasteiger partial charge >= 0.3 is 5.97 Å². The summed E-state index contributed by atoms with van der Waals surface area (Å²) in [5.74, 6) is -0.426. The molecule has 0 radical (unpaired) electrons. The molecule has 0 bridgehead atoms. The summed E-state index contributed by atoms with van der Waals surface area (Å²) in [6, 6.07) is 12.9. The summed E-state index contributed by atoms with van der Waals surface area (Å²) in [5, 5.41) is 11.6. The molecule has 0 fully saturated rings. The number of pyridine rings is 1. The third-order valence-corrected chi connectivity index (χ3v) is 3.63. The smallest absolute Gasteiger partial charge is 0.356 e. The van der Waals surface area contributed by atoms with Crippen LogP contribution in [0.25, 0.3) is 0 Å². The minimum absolute atomic E-state index is 0.154. The molecule has 5 nitrogen and oxygen atoms in total. The number of hydrogen-bond acceptors (Lipinski definition) is 4. The quantitative estimate of drug-likeness (QED) is 0.857. The number of aromatic nitrogens is 1. The number of nitrogens with one attached hydrogen (secondary N) is 1. The van der Waals surface area contributed by atoms with Gasteiger partial charge in [0.1, 0.15) is 0 Å². The largest absolute Gasteiger partial charge is 0.476 e. The van der Waals surface area contributed by atoms with Crippen LogP contribution in [0, 0.1) is 0 Å². The molecule has 21 heavy (non-hydrogen) atoms. The number of thioether (sulfide) groups is 1. The normalized spacial score (nSPS) is 10.1. The van der Waals surface area contributed by atoms with Crippen LogP contribution < -0.4 is 5.32 Å². The zero-order chi connectivity index (χ0) is 15.1. The maximum atomic E-state index is 11.8. The van der Waals surface area contributed by atoms with Crippen LogP contribution in [0.15, 0.2) is 48.7 Å². The molecule has 2 rings (SSSR count). The van der Waals surface area contributed by atoms with Gasteiger partial charge < -0.3 is 10.4 Å². The number of carbonyl (C=O) groups is 2. The highest BCUT2D eigenvalue weighted by Crippen LogP contribution is 2.15. The number of rotatable bonds is 6. The van der Waals surface area contributed by atoms with Gasteiger partial charge in [-0.3, -0.25) is 4.79 Å². The van der Waals surface area contributed by atoms with Crippen LogP contribution in [0.1, 0.15) is 16.1 Å². The minimum atomic E-state index is -1.16. The van der Waals surface area contributed by atoms with E-state index in [1.807, 2.05) is 30.3 Å². The average molecular weight is 302 g/mol. The van der Waals surface area contributed by atoms with Gasteiger partial charge in [0.15, 0.2) is 5.69 Å². The number of carboxylic acid groups (broad SMARTS) is 1. The van der Waals surface area contributed by atoms with E-state index < -0.39 is 5.97 Å². The van der Waals surface area contributed by atoms with Gasteiger partial charge in [-0.2, -0.15) is 0 Å². The number of carboxylic acids is 1. The topological polar surface area (TPSA) is 79.3 Å². The summed E-state index contributed by atoms with van der Waals surface area (Å²) in [6.07, 6.45) is 1.38. The van der Waals surface area contributed by atoms with Crippen LogP contribution in [0.3, 0.4) is 0 Å². The van der Waals surface area contributed by atoms with Crippen LogP contribution in [0.4, 0.5) is 5.69 Å². The second-order valence-corrected chi connectivity index (χ2v) is 5.22. The van der Waals surface area contributed by atoms with Gasteiger partial charge in [0.2, 0.25) is 5.91 Å². The second-order valence-electron chi connectivity index (χ2n) is 4.23. The molecule has 0 atom stereocenters. The average Bonchev–Trinajstić information content (AvgIpc) is 2.48. The number of benzene rings is 1. The number of nitrogens with zero attached hydrogens (tertiary/aromatic N) is 1. The summed E-state index contributed by atoms with van der Waals surface area (Å²) in [5.41, 5.74) is 1.21. The maximum Gasteiger partial charge on any atom is 0.356 e. The summed E-state index contributed by atoms with van der Waals surface area (Å²) in [6.45, 7) is 0. The molecule has 0 aliphatic carbocycles. The van der Waals surface area contributed by atoms with Gasteiger partial charge in [-0.05, 0) is 17.7 Å². The lowest BCUT2D eigenvalue weighted by Gasteiger charge is -2.07. The van der Waals surface area contributed by atoms with E-state index in [0.29, 0.717) is 0 Å². The molecule has 2 N–H and O–H groups in total. The highest BCUT2D eigenvalue weighted by Gasteiger charge is 2.13. The molecule has 0 saturated carbocycles. The first kappa shape index (κ1) is 15.1. The summed E-state index contributed by atoms with van der Waals surface area (Å²) < 4.78 is 0. The third-order valence-electron chi connectivity index (χ3n) is 2.63. The fourth-order valence-electron chi connectivity index (χ4n) is 1.70. The fourth-order valence-corrected chi connectivity index (χ4v) is 2.49. The first-order chi connectivity index (χ1) is 10.2. The van der Waals surface area contributed by atoms with Gasteiger partial charge in [0.25, 0.3) is 0 Å². The monoisotopic (exact) mass is 302 g/mol. The number of carbonyl (C=O) groups excluding carboxylic acids is 1. The van der Waals surface area contributed by atoms with E-state index in [2.05, 4.69) is 10.3 Å². The van der Waals surface area contributed by atoms with Gasteiger partial charge in [-0.15, -0.1) is 11.8 Å². The van der Waals surface area contributed by atoms with Crippen molar-refractivity contribution in [3.63, 3.8) is 0 Å². The van der Waals surface area contributed by atoms with Crippen molar-refractivity contribution in [1.29, 1.82) is 0 Å². The Morgan fingerprint density at radius 3 is 2.62 bits per heavy atom. The zero-order valence-electron chi connectivity index (χ0n) is 11.2. The lowest BCUT2D eigenvalue weighted by Crippen LogP contribution is -2.17. The van der Waals surface area contributed by atoms with Gasteiger partial charge in [0, 0.05) is 11.9 Å². The lowest BCUT2D eigenvalue weighted by atomic mass is 10.2. The highest BCUT2D eigenvalue weighted by molar-refractivity contribution is 7.99. The Labute approximate surface area is 126 Å². The molecule has 6 heteroatoms. The van der Waals surface area contributed by atoms with Gasteiger partial charge in [0.05, 0.1) is 11.4 Å². The first-order valence-electron chi connectivity index (χ1n) is 6.26. The van der Waals surface area contributed by atoms with E-state index in [9.17, 15) is 9.59 Å². The van der Waals surface area contributed by atoms with Crippen LogP contribution in [0.5, 0.6) is 0 Å². The molecule has 1 aromatic heterocycles. The molecule has 2 aromatic rings. The highest BCUT2D eigenvalue weighted by atomic mass is 32.2. The molecular formula is C15H14N2O3S. The predicted molar refractivity (Wildman–Crippen MR) is 82.4 cm³/mol. The van der Waals surface area contributed by atoms with Crippen LogP contribution in [-0.2, 0) is 10.5 Å². The van der Waals surface area contributed by atoms with Crippen LogP contribution in [-0.4, -0.2) is 27.7 Å². The van der Waals surface area contributed by atoms with Crippen molar-refractivity contribution in [2.75, 3.05) is 11.1 Å². The van der Waals surface area contributed by atoms with E-state index >= 15 is 0 Å². The number of hydrogen-bond donors (Lipinski definition) is 2. The number of amides is 1. The SMILES string of the molecule is O=C(CSCc1ccccc1)Nc1cccnc1C(=O)O. The number of anilines is 1. The van der Waals surface area contributed by atoms with Crippen molar-refractivity contribution in [3.05, 3.63) is 59.9 Å². The first-order valence-corrected chi connectivity index (χ1v) is 7.42. The maximum absolute atomic E-state index is 11.8. The fraction of sp³-hybridized carbons (Fsp3) is 0.133. The molecule has 1 amide bonds. The molecule has 0 aliphatic rings. The second kappa shape index (κ2) is 7.44. The molecule has 1 heterocycles. The molecule has 0 spiro atoms. The van der Waals surface area contributed by atoms with Gasteiger partial charge in [-0.25, -0.2) is 9.78 Å². The van der Waals surface area contributed by atoms with Crippen molar-refractivity contribution in [2.45, 2.75) is 5.75 Å². The summed E-state index contributed by atoms with van der Waals surface area (Å²) >= 11 is 1.47. The van der Waals surface area contributed by atoms with E-state index in [4.69, 9.17) is 5.11 Å². The Morgan fingerprint density at radius 2 is 1.90 bits per heavy atom. The molecule has 108 valence electrons. The lowest BCUT2D eigenvalue weighted by molar-refractivity contribution is -0.113. The van der Waals surface area contributed by atoms with Crippen molar-refractivity contribution in [2.24, 2.45) is 0 Å². The van der Waals surface area contributed by atoms with Crippen molar-refractivity contribution in [1.82, 2.24) is 4.98 Å². The molecule has 0 unspecified atom stereocenters. The standard InChI is InChI=1S/C15H14N2O3S/c18-13(10-21-9-11-5-2-1-3-6-11)17-12-7-4-8-16-14(12)15(19)20/h1-8H,9-10H2,(H,17,18)(H,19,20). The van der Waals surface area contributed by atoms with E-state index in [1.165, 1.54) is 24.0 Å². The Hall–Kier alpha value is -2.34. The zero-order valence-corrected chi connectivity index (χ0v) is 12.0. The molecule has 1 aromatic carbocycles. The summed E-state index contributed by atoms with van der Waals surface area (Å²) in [7, 11) is 0. The Kier molecular flexibility index (Phi) is 5.34. The van der Waals surface area contributed by atoms with Crippen molar-refractivity contribution < 1.29 is 14.7 Å². The Balaban J connectivity index is 1.86. The summed E-state index contributed by atoms with van der Waals surface area (Å²) in [4.78, 5) is 26.5. The Morgan fingerprint density at radius 1 is 1.14 bits per heavy atom. The Bertz CT molecular complexity index is 632. The van der Waals surface area contributed by atoms with E-state index in [-0.39, 0.29) is 23.0 Å². The van der Waals surface area contributed by atoms with Crippen LogP contribution in [0.2, 0.25) is 0 Å². The molecule has 0 saturated heterocycles. The number of aromatic carboxylic acids is 1. The van der Waals surface area contributed by atoms with Gasteiger partial charge in [-0.1, -0.05) is 30.3 Å². The van der Waals surface area contributed by atoms with Crippen molar-refractivity contribution in [3.8, 4) is 0 Å². The van der Waals surface area contributed by atoms with Crippen molar-refractivity contribution >= 4 is 29.3 Å². The van der Waals surface area contributed by atoms with Crippen LogP contribution >= 0.6 is 11.8 Å². The molecular weight excluding hydrogens is 288 g/mol. The van der Waals surface area contributed by atoms with E-state index in [0.717, 1.165) is 11.3 Å². The molecule has 0 aliphatic heterocycles.